The van der Waals surface area contributed by atoms with Crippen LogP contribution in [0.1, 0.15) is 29.0 Å². The molecule has 0 amide bonds. The number of carbonyl (C=O) groups is 1. The van der Waals surface area contributed by atoms with Gasteiger partial charge >= 0.3 is 5.97 Å². The topological polar surface area (TPSA) is 54.0 Å². The van der Waals surface area contributed by atoms with E-state index in [9.17, 15) is 4.79 Å². The van der Waals surface area contributed by atoms with Crippen molar-refractivity contribution in [2.45, 2.75) is 24.9 Å². The van der Waals surface area contributed by atoms with E-state index < -0.39 is 11.6 Å². The first-order valence-corrected chi connectivity index (χ1v) is 8.55. The van der Waals surface area contributed by atoms with Gasteiger partial charge in [0.15, 0.2) is 5.60 Å². The van der Waals surface area contributed by atoms with Gasteiger partial charge in [0.1, 0.15) is 11.5 Å². The highest BCUT2D eigenvalue weighted by Gasteiger charge is 2.51. The van der Waals surface area contributed by atoms with Crippen LogP contribution in [0, 0.1) is 6.92 Å². The molecule has 1 heterocycles. The Hall–Kier alpha value is -2.53. The Balaban J connectivity index is 2.00. The van der Waals surface area contributed by atoms with E-state index in [0.29, 0.717) is 24.3 Å². The molecule has 2 atom stereocenters. The largest absolute Gasteiger partial charge is 0.497 e. The van der Waals surface area contributed by atoms with E-state index in [0.717, 1.165) is 16.9 Å². The average Bonchev–Trinajstić information content (AvgIpc) is 3.14. The van der Waals surface area contributed by atoms with E-state index in [4.69, 9.17) is 18.9 Å². The molecule has 1 fully saturated rings. The molecule has 0 spiro atoms. The van der Waals surface area contributed by atoms with Crippen molar-refractivity contribution in [1.82, 2.24) is 0 Å². The maximum atomic E-state index is 12.8. The molecule has 0 aliphatic carbocycles. The van der Waals surface area contributed by atoms with E-state index in [1.165, 1.54) is 7.11 Å². The van der Waals surface area contributed by atoms with Crippen molar-refractivity contribution in [3.05, 3.63) is 59.2 Å². The third-order valence-electron chi connectivity index (χ3n) is 4.96. The first-order chi connectivity index (χ1) is 12.5. The van der Waals surface area contributed by atoms with Gasteiger partial charge in [-0.25, -0.2) is 4.79 Å². The standard InChI is InChI=1S/C21H24O5/c1-14-5-10-19(24-3)18(11-14)21(20(22)25-4)12-16(13-26-21)15-6-8-17(23-2)9-7-15/h5-11,16H,12-13H2,1-4H3. The smallest absolute Gasteiger partial charge is 0.343 e. The molecule has 0 saturated carbocycles. The van der Waals surface area contributed by atoms with Crippen LogP contribution in [-0.4, -0.2) is 33.9 Å². The Morgan fingerprint density at radius 1 is 1.08 bits per heavy atom. The Bertz CT molecular complexity index is 783. The number of hydrogen-bond donors (Lipinski definition) is 0. The van der Waals surface area contributed by atoms with Gasteiger partial charge in [-0.2, -0.15) is 0 Å². The van der Waals surface area contributed by atoms with Gasteiger partial charge in [-0.15, -0.1) is 0 Å². The molecule has 0 N–H and O–H groups in total. The van der Waals surface area contributed by atoms with Crippen LogP contribution >= 0.6 is 0 Å². The fourth-order valence-corrected chi connectivity index (χ4v) is 3.54. The number of esters is 1. The van der Waals surface area contributed by atoms with Gasteiger partial charge in [0.25, 0.3) is 0 Å². The number of benzene rings is 2. The second-order valence-corrected chi connectivity index (χ2v) is 6.51. The van der Waals surface area contributed by atoms with Crippen molar-refractivity contribution in [1.29, 1.82) is 0 Å². The zero-order chi connectivity index (χ0) is 18.7. The molecule has 1 saturated heterocycles. The molecule has 0 radical (unpaired) electrons. The van der Waals surface area contributed by atoms with Crippen LogP contribution in [-0.2, 0) is 19.9 Å². The lowest BCUT2D eigenvalue weighted by atomic mass is 9.83. The van der Waals surface area contributed by atoms with E-state index in [1.54, 1.807) is 14.2 Å². The highest BCUT2D eigenvalue weighted by Crippen LogP contribution is 2.47. The molecule has 26 heavy (non-hydrogen) atoms. The maximum Gasteiger partial charge on any atom is 0.343 e. The molecule has 0 aromatic heterocycles. The zero-order valence-corrected chi connectivity index (χ0v) is 15.6. The minimum absolute atomic E-state index is 0.0743. The Kier molecular flexibility index (Phi) is 5.18. The van der Waals surface area contributed by atoms with E-state index in [1.807, 2.05) is 49.4 Å². The third-order valence-corrected chi connectivity index (χ3v) is 4.96. The Labute approximate surface area is 153 Å². The fraction of sp³-hybridized carbons (Fsp3) is 0.381. The molecule has 1 aliphatic rings. The number of aryl methyl sites for hydroxylation is 1. The number of carbonyl (C=O) groups excluding carboxylic acids is 1. The number of rotatable bonds is 5. The van der Waals surface area contributed by atoms with Crippen molar-refractivity contribution in [3.63, 3.8) is 0 Å². The van der Waals surface area contributed by atoms with Crippen molar-refractivity contribution in [2.24, 2.45) is 0 Å². The molecule has 2 aromatic rings. The number of ether oxygens (including phenoxy) is 4. The summed E-state index contributed by atoms with van der Waals surface area (Å²) in [5.41, 5.74) is 1.67. The predicted molar refractivity (Wildman–Crippen MR) is 97.7 cm³/mol. The van der Waals surface area contributed by atoms with Crippen molar-refractivity contribution >= 4 is 5.97 Å². The quantitative estimate of drug-likeness (QED) is 0.767. The van der Waals surface area contributed by atoms with Crippen LogP contribution in [0.4, 0.5) is 0 Å². The second-order valence-electron chi connectivity index (χ2n) is 6.51. The van der Waals surface area contributed by atoms with Crippen molar-refractivity contribution in [2.75, 3.05) is 27.9 Å². The predicted octanol–water partition coefficient (Wildman–Crippen LogP) is 3.58. The minimum Gasteiger partial charge on any atom is -0.497 e. The zero-order valence-electron chi connectivity index (χ0n) is 15.6. The second kappa shape index (κ2) is 7.38. The van der Waals surface area contributed by atoms with Crippen LogP contribution in [0.3, 0.4) is 0 Å². The van der Waals surface area contributed by atoms with E-state index >= 15 is 0 Å². The average molecular weight is 356 g/mol. The van der Waals surface area contributed by atoms with Gasteiger partial charge in [0.2, 0.25) is 0 Å². The van der Waals surface area contributed by atoms with E-state index in [2.05, 4.69) is 0 Å². The first kappa shape index (κ1) is 18.3. The Morgan fingerprint density at radius 2 is 1.81 bits per heavy atom. The van der Waals surface area contributed by atoms with Crippen molar-refractivity contribution in [3.8, 4) is 11.5 Å². The molecule has 2 aromatic carbocycles. The summed E-state index contributed by atoms with van der Waals surface area (Å²) >= 11 is 0. The summed E-state index contributed by atoms with van der Waals surface area (Å²) in [6.07, 6.45) is 0.492. The fourth-order valence-electron chi connectivity index (χ4n) is 3.54. The van der Waals surface area contributed by atoms with Gasteiger partial charge in [-0.3, -0.25) is 0 Å². The Morgan fingerprint density at radius 3 is 2.42 bits per heavy atom. The molecular formula is C21H24O5. The number of methoxy groups -OCH3 is 3. The molecule has 0 bridgehead atoms. The highest BCUT2D eigenvalue weighted by molar-refractivity contribution is 5.83. The lowest BCUT2D eigenvalue weighted by Crippen LogP contribution is -2.36. The van der Waals surface area contributed by atoms with Gasteiger partial charge in [0.05, 0.1) is 27.9 Å². The molecule has 3 rings (SSSR count). The minimum atomic E-state index is -1.17. The molecule has 1 aliphatic heterocycles. The normalized spacial score (nSPS) is 22.1. The van der Waals surface area contributed by atoms with Gasteiger partial charge in [-0.05, 0) is 36.8 Å². The lowest BCUT2D eigenvalue weighted by molar-refractivity contribution is -0.165. The summed E-state index contributed by atoms with van der Waals surface area (Å²) in [7, 11) is 4.62. The van der Waals surface area contributed by atoms with Gasteiger partial charge < -0.3 is 18.9 Å². The van der Waals surface area contributed by atoms with Gasteiger partial charge in [-0.1, -0.05) is 23.8 Å². The number of hydrogen-bond acceptors (Lipinski definition) is 5. The monoisotopic (exact) mass is 356 g/mol. The third kappa shape index (κ3) is 3.15. The maximum absolute atomic E-state index is 12.8. The molecule has 5 nitrogen and oxygen atoms in total. The van der Waals surface area contributed by atoms with Crippen LogP contribution in [0.2, 0.25) is 0 Å². The highest BCUT2D eigenvalue weighted by atomic mass is 16.6. The summed E-state index contributed by atoms with van der Waals surface area (Å²) in [5.74, 6) is 1.09. The molecule has 2 unspecified atom stereocenters. The molecule has 138 valence electrons. The summed E-state index contributed by atoms with van der Waals surface area (Å²) in [6.45, 7) is 2.41. The summed E-state index contributed by atoms with van der Waals surface area (Å²) in [4.78, 5) is 12.8. The van der Waals surface area contributed by atoms with Crippen molar-refractivity contribution < 1.29 is 23.7 Å². The summed E-state index contributed by atoms with van der Waals surface area (Å²) in [5, 5.41) is 0. The van der Waals surface area contributed by atoms with Crippen LogP contribution < -0.4 is 9.47 Å². The molecule has 5 heteroatoms. The van der Waals surface area contributed by atoms with Crippen LogP contribution in [0.5, 0.6) is 11.5 Å². The van der Waals surface area contributed by atoms with Gasteiger partial charge in [0, 0.05) is 17.9 Å². The first-order valence-electron chi connectivity index (χ1n) is 8.55. The van der Waals surface area contributed by atoms with Crippen LogP contribution in [0.25, 0.3) is 0 Å². The summed E-state index contributed by atoms with van der Waals surface area (Å²) < 4.78 is 21.9. The SMILES string of the molecule is COC(=O)C1(c2cc(C)ccc2OC)CC(c2ccc(OC)cc2)CO1. The summed E-state index contributed by atoms with van der Waals surface area (Å²) in [6, 6.07) is 13.6. The molecular weight excluding hydrogens is 332 g/mol. The lowest BCUT2D eigenvalue weighted by Gasteiger charge is -2.28. The van der Waals surface area contributed by atoms with Crippen LogP contribution in [0.15, 0.2) is 42.5 Å². The van der Waals surface area contributed by atoms with E-state index in [-0.39, 0.29) is 5.92 Å².